The molecule has 0 bridgehead atoms. The normalized spacial score (nSPS) is 17.9. The molecule has 1 heterocycles. The van der Waals surface area contributed by atoms with E-state index in [-0.39, 0.29) is 42.7 Å². The molecule has 3 aromatic carbocycles. The van der Waals surface area contributed by atoms with Gasteiger partial charge in [-0.1, -0.05) is 36.4 Å². The zero-order valence-corrected chi connectivity index (χ0v) is 26.0. The van der Waals surface area contributed by atoms with Gasteiger partial charge in [-0.3, -0.25) is 14.5 Å². The molecule has 0 spiro atoms. The number of rotatable bonds is 14. The molecule has 238 valence electrons. The Kier molecular flexibility index (Phi) is 9.86. The van der Waals surface area contributed by atoms with Crippen LogP contribution >= 0.6 is 0 Å². The van der Waals surface area contributed by atoms with Crippen LogP contribution in [0.1, 0.15) is 35.7 Å². The lowest BCUT2D eigenvalue weighted by atomic mass is 10.0. The van der Waals surface area contributed by atoms with Crippen LogP contribution < -0.4 is 15.0 Å². The van der Waals surface area contributed by atoms with Gasteiger partial charge in [0.25, 0.3) is 5.91 Å². The summed E-state index contributed by atoms with van der Waals surface area (Å²) in [4.78, 5) is 39.1. The van der Waals surface area contributed by atoms with Crippen LogP contribution in [0.5, 0.6) is 5.75 Å². The topological polar surface area (TPSA) is 143 Å². The van der Waals surface area contributed by atoms with Crippen LogP contribution in [-0.2, 0) is 26.0 Å². The lowest BCUT2D eigenvalue weighted by Crippen LogP contribution is -2.53. The van der Waals surface area contributed by atoms with E-state index >= 15 is 0 Å². The van der Waals surface area contributed by atoms with Crippen LogP contribution in [-0.4, -0.2) is 80.6 Å². The number of anilines is 1. The Morgan fingerprint density at radius 2 is 1.78 bits per heavy atom. The molecule has 0 aromatic heterocycles. The van der Waals surface area contributed by atoms with Gasteiger partial charge < -0.3 is 19.9 Å². The van der Waals surface area contributed by atoms with Crippen molar-refractivity contribution >= 4 is 33.5 Å². The maximum absolute atomic E-state index is 13.8. The lowest BCUT2D eigenvalue weighted by molar-refractivity contribution is -0.129. The van der Waals surface area contributed by atoms with Crippen LogP contribution in [0.2, 0.25) is 0 Å². The maximum Gasteiger partial charge on any atom is 0.415 e. The Balaban J connectivity index is 1.34. The van der Waals surface area contributed by atoms with Gasteiger partial charge in [0.2, 0.25) is 10.0 Å². The predicted molar refractivity (Wildman–Crippen MR) is 167 cm³/mol. The van der Waals surface area contributed by atoms with Gasteiger partial charge in [-0.05, 0) is 74.1 Å². The summed E-state index contributed by atoms with van der Waals surface area (Å²) < 4.78 is 39.4. The van der Waals surface area contributed by atoms with E-state index in [1.54, 1.807) is 36.4 Å². The molecule has 1 aliphatic carbocycles. The fourth-order valence-corrected chi connectivity index (χ4v) is 6.79. The molecule has 1 saturated carbocycles. The number of methoxy groups -OCH3 is 1. The summed E-state index contributed by atoms with van der Waals surface area (Å²) in [5.41, 5.74) is 1.78. The van der Waals surface area contributed by atoms with Crippen molar-refractivity contribution in [1.29, 1.82) is 0 Å². The summed E-state index contributed by atoms with van der Waals surface area (Å²) in [6.45, 7) is 1.35. The number of nitrogens with zero attached hydrogens (tertiary/aromatic N) is 2. The summed E-state index contributed by atoms with van der Waals surface area (Å²) in [6, 6.07) is 20.9. The Morgan fingerprint density at radius 3 is 2.42 bits per heavy atom. The van der Waals surface area contributed by atoms with Crippen molar-refractivity contribution in [3.8, 4) is 5.75 Å². The zero-order chi connectivity index (χ0) is 32.1. The third-order valence-corrected chi connectivity index (χ3v) is 9.84. The number of sulfonamides is 1. The standard InChI is InChI=1S/C33H37N3O8S/c1-22(37)25-13-15-26(16-14-25)36-21-31(44-33(36)40)32(39)34-29(17-23-7-4-3-5-8-23)30(38)20-35(19-24-11-12-24)45(41,42)28-10-6-9-27(18-28)43-2/h3-10,13-16,18,24,29-31,38H,11-12,17,19-21H2,1-2H3,(H,34,39)/t29-,30+,31-/m0/s1. The third-order valence-electron chi connectivity index (χ3n) is 8.01. The molecule has 2 aliphatic rings. The fraction of sp³-hybridized carbons (Fsp3) is 0.364. The van der Waals surface area contributed by atoms with Crippen molar-refractivity contribution in [3.05, 3.63) is 90.0 Å². The lowest BCUT2D eigenvalue weighted by Gasteiger charge is -2.30. The largest absolute Gasteiger partial charge is 0.497 e. The van der Waals surface area contributed by atoms with Gasteiger partial charge in [0.1, 0.15) is 5.75 Å². The minimum atomic E-state index is -4.00. The molecule has 3 atom stereocenters. The number of Topliss-reactive ketones (excluding diaryl/α,β-unsaturated/α-hetero) is 1. The molecule has 12 heteroatoms. The molecule has 2 N–H and O–H groups in total. The second kappa shape index (κ2) is 13.8. The highest BCUT2D eigenvalue weighted by molar-refractivity contribution is 7.89. The third kappa shape index (κ3) is 7.88. The van der Waals surface area contributed by atoms with E-state index in [1.807, 2.05) is 30.3 Å². The number of aliphatic hydroxyl groups is 1. The molecular formula is C33H37N3O8S. The van der Waals surface area contributed by atoms with Crippen LogP contribution in [0.4, 0.5) is 10.5 Å². The molecule has 0 radical (unpaired) electrons. The van der Waals surface area contributed by atoms with Gasteiger partial charge in [0.15, 0.2) is 11.9 Å². The monoisotopic (exact) mass is 635 g/mol. The molecule has 2 fully saturated rings. The van der Waals surface area contributed by atoms with E-state index in [1.165, 1.54) is 35.4 Å². The number of ether oxygens (including phenoxy) is 2. The van der Waals surface area contributed by atoms with E-state index in [4.69, 9.17) is 9.47 Å². The van der Waals surface area contributed by atoms with Crippen molar-refractivity contribution in [2.24, 2.45) is 5.92 Å². The number of nitrogens with one attached hydrogen (secondary N) is 1. The van der Waals surface area contributed by atoms with Gasteiger partial charge in [0, 0.05) is 30.4 Å². The molecule has 1 aliphatic heterocycles. The number of carbonyl (C=O) groups is 3. The van der Waals surface area contributed by atoms with E-state index in [9.17, 15) is 27.9 Å². The summed E-state index contributed by atoms with van der Waals surface area (Å²) in [7, 11) is -2.55. The molecule has 3 aromatic rings. The first-order valence-electron chi connectivity index (χ1n) is 14.8. The predicted octanol–water partition coefficient (Wildman–Crippen LogP) is 3.41. The summed E-state index contributed by atoms with van der Waals surface area (Å²) >= 11 is 0. The van der Waals surface area contributed by atoms with Crippen molar-refractivity contribution in [3.63, 3.8) is 0 Å². The Bertz CT molecular complexity index is 1630. The van der Waals surface area contributed by atoms with E-state index in [0.29, 0.717) is 17.0 Å². The number of carbonyl (C=O) groups excluding carboxylic acids is 3. The minimum Gasteiger partial charge on any atom is -0.497 e. The summed E-state index contributed by atoms with van der Waals surface area (Å²) in [6.07, 6.45) is -1.18. The fourth-order valence-electron chi connectivity index (χ4n) is 5.22. The molecule has 11 nitrogen and oxygen atoms in total. The number of hydrogen-bond donors (Lipinski definition) is 2. The Morgan fingerprint density at radius 1 is 1.07 bits per heavy atom. The number of hydrogen-bond acceptors (Lipinski definition) is 8. The highest BCUT2D eigenvalue weighted by Crippen LogP contribution is 2.32. The molecular weight excluding hydrogens is 598 g/mol. The number of cyclic esters (lactones) is 1. The maximum atomic E-state index is 13.8. The van der Waals surface area contributed by atoms with E-state index in [0.717, 1.165) is 18.4 Å². The van der Waals surface area contributed by atoms with Crippen LogP contribution in [0.15, 0.2) is 83.8 Å². The molecule has 5 rings (SSSR count). The van der Waals surface area contributed by atoms with Crippen LogP contribution in [0.3, 0.4) is 0 Å². The summed E-state index contributed by atoms with van der Waals surface area (Å²) in [5, 5.41) is 14.4. The van der Waals surface area contributed by atoms with Gasteiger partial charge in [0.05, 0.1) is 30.7 Å². The highest BCUT2D eigenvalue weighted by Gasteiger charge is 2.40. The molecule has 0 unspecified atom stereocenters. The smallest absolute Gasteiger partial charge is 0.415 e. The Labute approximate surface area is 262 Å². The molecule has 2 amide bonds. The van der Waals surface area contributed by atoms with Crippen molar-refractivity contribution in [2.75, 3.05) is 31.6 Å². The van der Waals surface area contributed by atoms with E-state index in [2.05, 4.69) is 5.32 Å². The Hall–Kier alpha value is -4.26. The van der Waals surface area contributed by atoms with Gasteiger partial charge in [-0.25, -0.2) is 13.2 Å². The SMILES string of the molecule is COc1cccc(S(=O)(=O)N(CC2CC2)C[C@@H](O)[C@H](Cc2ccccc2)NC(=O)[C@@H]2CN(c3ccc(C(C)=O)cc3)C(=O)O2)c1. The number of aliphatic hydroxyl groups excluding tert-OH is 1. The van der Waals surface area contributed by atoms with E-state index < -0.39 is 40.3 Å². The second-order valence-corrected chi connectivity index (χ2v) is 13.3. The van der Waals surface area contributed by atoms with Crippen LogP contribution in [0.25, 0.3) is 0 Å². The first-order valence-corrected chi connectivity index (χ1v) is 16.2. The highest BCUT2D eigenvalue weighted by atomic mass is 32.2. The second-order valence-electron chi connectivity index (χ2n) is 11.4. The molecule has 45 heavy (non-hydrogen) atoms. The van der Waals surface area contributed by atoms with Crippen molar-refractivity contribution in [1.82, 2.24) is 9.62 Å². The van der Waals surface area contributed by atoms with Gasteiger partial charge >= 0.3 is 6.09 Å². The molecule has 1 saturated heterocycles. The van der Waals surface area contributed by atoms with Gasteiger partial charge in [-0.15, -0.1) is 0 Å². The first-order chi connectivity index (χ1) is 21.5. The number of ketones is 1. The number of benzene rings is 3. The van der Waals surface area contributed by atoms with Gasteiger partial charge in [-0.2, -0.15) is 4.31 Å². The van der Waals surface area contributed by atoms with Crippen LogP contribution in [0, 0.1) is 5.92 Å². The van der Waals surface area contributed by atoms with Crippen molar-refractivity contribution in [2.45, 2.75) is 49.3 Å². The summed E-state index contributed by atoms with van der Waals surface area (Å²) in [5.74, 6) is -0.145. The minimum absolute atomic E-state index is 0.0487. The van der Waals surface area contributed by atoms with Crippen molar-refractivity contribution < 1.29 is 37.4 Å². The first kappa shape index (κ1) is 32.1. The average molecular weight is 636 g/mol. The zero-order valence-electron chi connectivity index (χ0n) is 25.2. The number of amides is 2. The quantitative estimate of drug-likeness (QED) is 0.257. The average Bonchev–Trinajstić information content (AvgIpc) is 3.78.